The van der Waals surface area contributed by atoms with Crippen molar-refractivity contribution in [1.82, 2.24) is 19.9 Å². The lowest BCUT2D eigenvalue weighted by Crippen LogP contribution is -2.01. The van der Waals surface area contributed by atoms with Crippen LogP contribution in [0.5, 0.6) is 46.5 Å². The van der Waals surface area contributed by atoms with Gasteiger partial charge in [0.1, 0.15) is 23.0 Å². The van der Waals surface area contributed by atoms with E-state index in [1.54, 1.807) is 12.1 Å². The van der Waals surface area contributed by atoms with Gasteiger partial charge in [-0.05, 0) is 38.1 Å². The van der Waals surface area contributed by atoms with Crippen LogP contribution in [0.3, 0.4) is 0 Å². The molecular formula is C34H24N4O4. The topological polar surface area (TPSA) is 88.5 Å². The van der Waals surface area contributed by atoms with Crippen LogP contribution in [0, 0.1) is 13.8 Å². The second-order valence-corrected chi connectivity index (χ2v) is 9.63. The minimum Gasteiger partial charge on any atom is -0.438 e. The monoisotopic (exact) mass is 552 g/mol. The molecule has 0 saturated heterocycles. The lowest BCUT2D eigenvalue weighted by molar-refractivity contribution is 0.410. The summed E-state index contributed by atoms with van der Waals surface area (Å²) in [6.07, 6.45) is 0. The number of benzene rings is 4. The van der Waals surface area contributed by atoms with Crippen LogP contribution in [-0.2, 0) is 0 Å². The molecular weight excluding hydrogens is 528 g/mol. The largest absolute Gasteiger partial charge is 0.438 e. The molecule has 0 radical (unpaired) electrons. The van der Waals surface area contributed by atoms with E-state index < -0.39 is 0 Å². The molecule has 0 spiro atoms. The third-order valence-corrected chi connectivity index (χ3v) is 6.75. The minimum atomic E-state index is 0.326. The zero-order chi connectivity index (χ0) is 28.5. The zero-order valence-corrected chi connectivity index (χ0v) is 22.8. The van der Waals surface area contributed by atoms with Crippen molar-refractivity contribution in [3.8, 4) is 69.3 Å². The van der Waals surface area contributed by atoms with Gasteiger partial charge in [0, 0.05) is 22.3 Å². The molecule has 7 rings (SSSR count). The first-order chi connectivity index (χ1) is 20.6. The predicted molar refractivity (Wildman–Crippen MR) is 158 cm³/mol. The van der Waals surface area contributed by atoms with Crippen LogP contribution in [0.25, 0.3) is 22.8 Å². The Labute approximate surface area is 242 Å². The van der Waals surface area contributed by atoms with Gasteiger partial charge in [-0.2, -0.15) is 19.9 Å². The molecule has 1 aliphatic heterocycles. The molecule has 0 atom stereocenters. The first-order valence-electron chi connectivity index (χ1n) is 13.4. The van der Waals surface area contributed by atoms with Crippen LogP contribution in [0.15, 0.2) is 109 Å². The number of rotatable bonds is 2. The van der Waals surface area contributed by atoms with E-state index in [2.05, 4.69) is 0 Å². The molecule has 4 aromatic carbocycles. The summed E-state index contributed by atoms with van der Waals surface area (Å²) in [5.41, 5.74) is 3.18. The van der Waals surface area contributed by atoms with Crippen molar-refractivity contribution in [3.63, 3.8) is 0 Å². The normalized spacial score (nSPS) is 11.9. The van der Waals surface area contributed by atoms with Gasteiger partial charge in [-0.15, -0.1) is 0 Å². The molecule has 204 valence electrons. The average Bonchev–Trinajstić information content (AvgIpc) is 3.01. The van der Waals surface area contributed by atoms with Crippen LogP contribution < -0.4 is 18.9 Å². The fourth-order valence-electron chi connectivity index (χ4n) is 4.53. The zero-order valence-electron chi connectivity index (χ0n) is 22.8. The molecule has 8 bridgehead atoms. The number of fused-ring (bicyclic) bond motifs is 8. The Balaban J connectivity index is 1.40. The molecule has 0 saturated carbocycles. The second-order valence-electron chi connectivity index (χ2n) is 9.63. The summed E-state index contributed by atoms with van der Waals surface area (Å²) in [5.74, 6) is 4.50. The predicted octanol–water partition coefficient (Wildman–Crippen LogP) is 8.70. The van der Waals surface area contributed by atoms with E-state index in [1.165, 1.54) is 0 Å². The number of hydrogen-bond acceptors (Lipinski definition) is 8. The molecule has 0 aliphatic carbocycles. The second kappa shape index (κ2) is 10.7. The molecule has 0 fully saturated rings. The molecule has 0 amide bonds. The average molecular weight is 553 g/mol. The Morgan fingerprint density at radius 3 is 1.00 bits per heavy atom. The molecule has 0 unspecified atom stereocenters. The van der Waals surface area contributed by atoms with Crippen LogP contribution >= 0.6 is 0 Å². The van der Waals surface area contributed by atoms with Crippen LogP contribution in [0.4, 0.5) is 0 Å². The highest BCUT2D eigenvalue weighted by Crippen LogP contribution is 2.39. The summed E-state index contributed by atoms with van der Waals surface area (Å²) in [7, 11) is 0. The summed E-state index contributed by atoms with van der Waals surface area (Å²) in [6, 6.07) is 33.8. The minimum absolute atomic E-state index is 0.326. The van der Waals surface area contributed by atoms with Gasteiger partial charge in [-0.3, -0.25) is 0 Å². The first kappa shape index (κ1) is 25.2. The fraction of sp³-hybridized carbons (Fsp3) is 0.0588. The molecule has 3 heterocycles. The van der Waals surface area contributed by atoms with Crippen molar-refractivity contribution in [2.45, 2.75) is 13.8 Å². The first-order valence-corrected chi connectivity index (χ1v) is 13.4. The molecule has 6 aromatic rings. The van der Waals surface area contributed by atoms with Gasteiger partial charge in [0.05, 0.1) is 12.1 Å². The van der Waals surface area contributed by atoms with Crippen molar-refractivity contribution >= 4 is 0 Å². The lowest BCUT2D eigenvalue weighted by Gasteiger charge is -2.17. The van der Waals surface area contributed by atoms with Gasteiger partial charge in [0.2, 0.25) is 23.5 Å². The van der Waals surface area contributed by atoms with Gasteiger partial charge >= 0.3 is 0 Å². The molecule has 1 aliphatic rings. The van der Waals surface area contributed by atoms with E-state index in [9.17, 15) is 0 Å². The smallest absolute Gasteiger partial charge is 0.226 e. The maximum absolute atomic E-state index is 6.32. The molecule has 2 aromatic heterocycles. The van der Waals surface area contributed by atoms with E-state index in [0.717, 1.165) is 22.3 Å². The molecule has 8 nitrogen and oxygen atoms in total. The number of nitrogens with zero attached hydrogens (tertiary/aromatic N) is 4. The highest BCUT2D eigenvalue weighted by Gasteiger charge is 2.18. The van der Waals surface area contributed by atoms with Crippen molar-refractivity contribution in [2.24, 2.45) is 0 Å². The van der Waals surface area contributed by atoms with E-state index in [4.69, 9.17) is 38.9 Å². The third kappa shape index (κ3) is 5.09. The van der Waals surface area contributed by atoms with Gasteiger partial charge in [0.15, 0.2) is 11.6 Å². The van der Waals surface area contributed by atoms with Gasteiger partial charge < -0.3 is 18.9 Å². The van der Waals surface area contributed by atoms with E-state index >= 15 is 0 Å². The Morgan fingerprint density at radius 2 is 0.690 bits per heavy atom. The van der Waals surface area contributed by atoms with E-state index in [1.807, 2.05) is 111 Å². The highest BCUT2D eigenvalue weighted by molar-refractivity contribution is 5.58. The van der Waals surface area contributed by atoms with E-state index in [-0.39, 0.29) is 0 Å². The van der Waals surface area contributed by atoms with Crippen molar-refractivity contribution < 1.29 is 18.9 Å². The maximum Gasteiger partial charge on any atom is 0.226 e. The quantitative estimate of drug-likeness (QED) is 0.210. The standard InChI is InChI=1S/C34H24N4O4/c1-21-25-15-9-16-26(21)40-30-20-32(38-34(36-30)24-13-7-4-8-14-24)42-28-18-10-17-27(22(28)2)41-31-19-29(39-25)35-33(37-31)23-11-5-3-6-12-23/h3-20H,1-2H3. The molecule has 0 N–H and O–H groups in total. The van der Waals surface area contributed by atoms with Gasteiger partial charge in [-0.1, -0.05) is 72.8 Å². The van der Waals surface area contributed by atoms with E-state index in [0.29, 0.717) is 58.2 Å². The number of hydrogen-bond donors (Lipinski definition) is 0. The van der Waals surface area contributed by atoms with Gasteiger partial charge in [0.25, 0.3) is 0 Å². The maximum atomic E-state index is 6.32. The summed E-state index contributed by atoms with van der Waals surface area (Å²) in [4.78, 5) is 18.8. The lowest BCUT2D eigenvalue weighted by atomic mass is 10.2. The molecule has 42 heavy (non-hydrogen) atoms. The number of aromatic nitrogens is 4. The van der Waals surface area contributed by atoms with Crippen LogP contribution in [0.2, 0.25) is 0 Å². The number of ether oxygens (including phenoxy) is 4. The molecule has 8 heteroatoms. The SMILES string of the molecule is Cc1c2cccc1Oc1cc(nc(-c3ccccc3)n1)Oc1cccc(c1C)Oc1cc(nc(-c3ccccc3)n1)O2. The summed E-state index contributed by atoms with van der Waals surface area (Å²) in [5, 5.41) is 0. The van der Waals surface area contributed by atoms with Crippen molar-refractivity contribution in [1.29, 1.82) is 0 Å². The van der Waals surface area contributed by atoms with Gasteiger partial charge in [-0.25, -0.2) is 0 Å². The Bertz CT molecular complexity index is 1690. The summed E-state index contributed by atoms with van der Waals surface area (Å²) >= 11 is 0. The van der Waals surface area contributed by atoms with Crippen LogP contribution in [0.1, 0.15) is 11.1 Å². The fourth-order valence-corrected chi connectivity index (χ4v) is 4.53. The van der Waals surface area contributed by atoms with Crippen molar-refractivity contribution in [2.75, 3.05) is 0 Å². The van der Waals surface area contributed by atoms with Crippen LogP contribution in [-0.4, -0.2) is 19.9 Å². The third-order valence-electron chi connectivity index (χ3n) is 6.75. The Hall–Kier alpha value is -5.76. The Kier molecular flexibility index (Phi) is 6.41. The summed E-state index contributed by atoms with van der Waals surface area (Å²) < 4.78 is 25.3. The Morgan fingerprint density at radius 1 is 0.381 bits per heavy atom. The summed E-state index contributed by atoms with van der Waals surface area (Å²) in [6.45, 7) is 3.82. The highest BCUT2D eigenvalue weighted by atomic mass is 16.5. The van der Waals surface area contributed by atoms with Crippen molar-refractivity contribution in [3.05, 3.63) is 120 Å².